The van der Waals surface area contributed by atoms with Gasteiger partial charge >= 0.3 is 0 Å². The highest BCUT2D eigenvalue weighted by Gasteiger charge is 2.36. The predicted octanol–water partition coefficient (Wildman–Crippen LogP) is 4.39. The molecule has 0 spiro atoms. The van der Waals surface area contributed by atoms with E-state index in [1.165, 1.54) is 45.4 Å². The predicted molar refractivity (Wildman–Crippen MR) is 263 cm³/mol. The minimum absolute atomic E-state index is 0.00396. The maximum Gasteiger partial charge on any atom is 0.251 e. The van der Waals surface area contributed by atoms with E-state index in [1.807, 2.05) is 37.3 Å². The molecular formula is C54H56N7O7S+. The molecule has 0 unspecified atom stereocenters. The first-order valence-electron chi connectivity index (χ1n) is 24.2. The van der Waals surface area contributed by atoms with Crippen LogP contribution in [0, 0.1) is 6.92 Å². The maximum atomic E-state index is 14.0. The van der Waals surface area contributed by atoms with E-state index < -0.39 is 16.3 Å². The standard InChI is InChI=1S/C54H55N7O7S/c1-32-10-12-33(13-11-32)46-31-37(58-61(46)38-16-18-39(19-17-38)69(55,66)67)15-21-47(62)56-22-23-57-53(63)36-14-20-40(54(64)65)43(30-36)48-44-28-34-6-2-24-59-26-4-8-41(49(34)59)51(44)68-52-42-9-5-27-60-25-3-7-35(50(42)60)29-45(48)52/h10-14,16-20,28-31,54,64-65H,2-9,15,21-27H2,1H3,(H3-,55,56,57,62,63,66,67)/p+1. The molecule has 354 valence electrons. The number of carbonyl (C=O) groups excluding carboxylic acids is 2. The number of primary sulfonamides is 1. The molecule has 0 bridgehead atoms. The average Bonchev–Trinajstić information content (AvgIpc) is 3.78. The third kappa shape index (κ3) is 8.40. The Kier molecular flexibility index (Phi) is 11.7. The Morgan fingerprint density at radius 2 is 1.54 bits per heavy atom. The topological polar surface area (TPSA) is 192 Å². The second-order valence-electron chi connectivity index (χ2n) is 19.0. The lowest BCUT2D eigenvalue weighted by Gasteiger charge is -2.39. The summed E-state index contributed by atoms with van der Waals surface area (Å²) in [6.07, 6.45) is 6.57. The van der Waals surface area contributed by atoms with Gasteiger partial charge in [-0.05, 0) is 111 Å². The number of nitrogens with two attached hydrogens (primary N) is 1. The van der Waals surface area contributed by atoms with Gasteiger partial charge in [-0.15, -0.1) is 0 Å². The van der Waals surface area contributed by atoms with E-state index in [1.54, 1.807) is 35.0 Å². The summed E-state index contributed by atoms with van der Waals surface area (Å²) in [5.41, 5.74) is 13.4. The molecule has 0 aliphatic carbocycles. The molecule has 1 aromatic heterocycles. The Morgan fingerprint density at radius 1 is 0.812 bits per heavy atom. The van der Waals surface area contributed by atoms with E-state index in [0.717, 1.165) is 122 Å². The van der Waals surface area contributed by atoms with E-state index in [2.05, 4.69) is 32.2 Å². The van der Waals surface area contributed by atoms with Crippen LogP contribution < -0.4 is 40.6 Å². The number of benzene rings is 5. The summed E-state index contributed by atoms with van der Waals surface area (Å²) in [5, 5.41) is 40.2. The molecule has 0 fully saturated rings. The maximum absolute atomic E-state index is 14.0. The van der Waals surface area contributed by atoms with Crippen LogP contribution in [0.15, 0.2) is 89.8 Å². The molecule has 5 aliphatic heterocycles. The Bertz CT molecular complexity index is 3320. The van der Waals surface area contributed by atoms with Crippen molar-refractivity contribution < 1.29 is 33.0 Å². The lowest BCUT2D eigenvalue weighted by molar-refractivity contribution is -0.121. The average molecular weight is 947 g/mol. The number of amides is 2. The zero-order chi connectivity index (χ0) is 47.6. The number of nitrogens with one attached hydrogen (secondary N) is 2. The van der Waals surface area contributed by atoms with E-state index in [4.69, 9.17) is 15.0 Å². The molecule has 5 aliphatic rings. The first kappa shape index (κ1) is 44.8. The first-order chi connectivity index (χ1) is 33.4. The van der Waals surface area contributed by atoms with Crippen molar-refractivity contribution in [3.63, 3.8) is 0 Å². The molecule has 0 saturated heterocycles. The number of carbonyl (C=O) groups is 2. The smallest absolute Gasteiger partial charge is 0.251 e. The summed E-state index contributed by atoms with van der Waals surface area (Å²) < 4.78 is 35.2. The molecule has 69 heavy (non-hydrogen) atoms. The van der Waals surface area contributed by atoms with Gasteiger partial charge in [0.2, 0.25) is 21.3 Å². The van der Waals surface area contributed by atoms with Crippen molar-refractivity contribution in [1.82, 2.24) is 25.0 Å². The third-order valence-corrected chi connectivity index (χ3v) is 15.3. The van der Waals surface area contributed by atoms with Crippen LogP contribution in [-0.4, -0.2) is 79.5 Å². The molecule has 0 radical (unpaired) electrons. The molecule has 6 N–H and O–H groups in total. The molecule has 5 aromatic carbocycles. The number of aromatic nitrogens is 2. The van der Waals surface area contributed by atoms with Crippen molar-refractivity contribution in [2.75, 3.05) is 44.2 Å². The largest absolute Gasteiger partial charge is 0.455 e. The molecule has 0 atom stereocenters. The molecule has 2 amide bonds. The van der Waals surface area contributed by atoms with Crippen molar-refractivity contribution in [2.24, 2.45) is 5.14 Å². The number of fused-ring (bicyclic) bond motifs is 4. The van der Waals surface area contributed by atoms with E-state index in [-0.39, 0.29) is 36.2 Å². The first-order valence-corrected chi connectivity index (χ1v) is 25.7. The fourth-order valence-corrected chi connectivity index (χ4v) is 11.7. The minimum atomic E-state index is -3.87. The molecule has 14 nitrogen and oxygen atoms in total. The van der Waals surface area contributed by atoms with Crippen LogP contribution in [0.4, 0.5) is 5.69 Å². The van der Waals surface area contributed by atoms with Crippen LogP contribution in [-0.2, 0) is 46.9 Å². The molecule has 6 aromatic rings. The van der Waals surface area contributed by atoms with Gasteiger partial charge in [0.15, 0.2) is 6.29 Å². The fourth-order valence-electron chi connectivity index (χ4n) is 11.2. The van der Waals surface area contributed by atoms with Gasteiger partial charge in [0.25, 0.3) is 5.91 Å². The van der Waals surface area contributed by atoms with Gasteiger partial charge in [-0.1, -0.05) is 35.9 Å². The molecular weight excluding hydrogens is 891 g/mol. The number of hydrogen-bond acceptors (Lipinski definition) is 9. The molecule has 11 rings (SSSR count). The van der Waals surface area contributed by atoms with Gasteiger partial charge in [-0.2, -0.15) is 5.10 Å². The fraction of sp³-hybridized carbons (Fsp3) is 0.333. The van der Waals surface area contributed by atoms with Crippen LogP contribution in [0.5, 0.6) is 11.5 Å². The summed E-state index contributed by atoms with van der Waals surface area (Å²) in [7, 11) is -3.87. The van der Waals surface area contributed by atoms with Crippen molar-refractivity contribution in [3.05, 3.63) is 151 Å². The Hall–Kier alpha value is -6.65. The van der Waals surface area contributed by atoms with E-state index >= 15 is 0 Å². The van der Waals surface area contributed by atoms with Crippen molar-refractivity contribution in [1.29, 1.82) is 0 Å². The van der Waals surface area contributed by atoms with Crippen LogP contribution in [0.25, 0.3) is 22.5 Å². The molecule has 6 heterocycles. The zero-order valence-corrected chi connectivity index (χ0v) is 39.5. The van der Waals surface area contributed by atoms with E-state index in [9.17, 15) is 28.2 Å². The zero-order valence-electron chi connectivity index (χ0n) is 38.7. The van der Waals surface area contributed by atoms with Crippen LogP contribution in [0.1, 0.15) is 99.0 Å². The van der Waals surface area contributed by atoms with Crippen molar-refractivity contribution in [2.45, 2.75) is 82.3 Å². The second-order valence-corrected chi connectivity index (χ2v) is 20.5. The number of anilines is 1. The number of aliphatic hydroxyl groups is 2. The Balaban J connectivity index is 0.844. The monoisotopic (exact) mass is 946 g/mol. The number of hydrogen-bond donors (Lipinski definition) is 5. The molecule has 0 saturated carbocycles. The quantitative estimate of drug-likeness (QED) is 0.0672. The van der Waals surface area contributed by atoms with Gasteiger partial charge in [-0.3, -0.25) is 9.59 Å². The highest BCUT2D eigenvalue weighted by atomic mass is 32.2. The van der Waals surface area contributed by atoms with Gasteiger partial charge in [0.05, 0.1) is 27.5 Å². The highest BCUT2D eigenvalue weighted by Crippen LogP contribution is 2.49. The Labute approximate surface area is 400 Å². The Morgan fingerprint density at radius 3 is 2.30 bits per heavy atom. The number of sulfonamides is 1. The number of nitrogens with zero attached hydrogens (tertiary/aromatic N) is 4. The SMILES string of the molecule is Cc1ccc(-c2cc(CCC(=O)NCCNC(=O)c3ccc(C(O)O)c(C4=c5cc6c7c(c5Oc5c4cc4c8c5CCCN8CCC4)CCC[N+]=7CCC6)c3)nn2-c2ccc(S(N)(=O)=O)cc2)cc1. The van der Waals surface area contributed by atoms with Crippen molar-refractivity contribution in [3.8, 4) is 28.4 Å². The van der Waals surface area contributed by atoms with Crippen LogP contribution >= 0.6 is 0 Å². The summed E-state index contributed by atoms with van der Waals surface area (Å²) in [6, 6.07) is 25.6. The molecule has 15 heteroatoms. The number of aliphatic hydroxyl groups excluding tert-OH is 1. The number of aryl methyl sites for hydroxylation is 4. The number of ether oxygens (including phenoxy) is 1. The lowest BCUT2D eigenvalue weighted by Crippen LogP contribution is -2.45. The summed E-state index contributed by atoms with van der Waals surface area (Å²) >= 11 is 0. The summed E-state index contributed by atoms with van der Waals surface area (Å²) in [4.78, 5) is 29.7. The van der Waals surface area contributed by atoms with Gasteiger partial charge in [-0.25, -0.2) is 22.8 Å². The number of rotatable bonds is 12. The van der Waals surface area contributed by atoms with Gasteiger partial charge in [0.1, 0.15) is 24.6 Å². The second kappa shape index (κ2) is 18.0. The summed E-state index contributed by atoms with van der Waals surface area (Å²) in [6.45, 7) is 6.45. The van der Waals surface area contributed by atoms with Crippen LogP contribution in [0.2, 0.25) is 0 Å². The minimum Gasteiger partial charge on any atom is -0.455 e. The normalized spacial score (nSPS) is 15.8. The third-order valence-electron chi connectivity index (χ3n) is 14.4. The van der Waals surface area contributed by atoms with E-state index in [0.29, 0.717) is 34.5 Å². The van der Waals surface area contributed by atoms with Gasteiger partial charge in [0, 0.05) is 102 Å². The lowest BCUT2D eigenvalue weighted by atomic mass is 9.81. The van der Waals surface area contributed by atoms with Crippen molar-refractivity contribution >= 4 is 33.1 Å². The van der Waals surface area contributed by atoms with Gasteiger partial charge < -0.3 is 30.5 Å². The summed E-state index contributed by atoms with van der Waals surface area (Å²) in [5.74, 6) is 1.12. The van der Waals surface area contributed by atoms with Crippen LogP contribution in [0.3, 0.4) is 0 Å². The highest BCUT2D eigenvalue weighted by molar-refractivity contribution is 7.89.